The van der Waals surface area contributed by atoms with Crippen LogP contribution in [0.2, 0.25) is 0 Å². The van der Waals surface area contributed by atoms with Crippen molar-refractivity contribution in [3.05, 3.63) is 35.0 Å². The van der Waals surface area contributed by atoms with Gasteiger partial charge in [0.25, 0.3) is 11.8 Å². The van der Waals surface area contributed by atoms with Crippen LogP contribution in [0.25, 0.3) is 0 Å². The van der Waals surface area contributed by atoms with Gasteiger partial charge in [0, 0.05) is 31.7 Å². The lowest BCUT2D eigenvalue weighted by Gasteiger charge is -2.33. The van der Waals surface area contributed by atoms with E-state index in [1.54, 1.807) is 24.3 Å². The zero-order chi connectivity index (χ0) is 16.6. The molecule has 1 fully saturated rings. The topological polar surface area (TPSA) is 61.9 Å². The number of benzene rings is 1. The van der Waals surface area contributed by atoms with Crippen LogP contribution in [0.4, 0.5) is 5.69 Å². The zero-order valence-corrected chi connectivity index (χ0v) is 13.8. The van der Waals surface area contributed by atoms with Crippen molar-refractivity contribution in [1.29, 1.82) is 0 Å². The molecule has 122 valence electrons. The van der Waals surface area contributed by atoms with E-state index in [1.807, 2.05) is 11.8 Å². The van der Waals surface area contributed by atoms with Crippen LogP contribution < -0.4 is 15.0 Å². The van der Waals surface area contributed by atoms with Crippen LogP contribution in [-0.2, 0) is 9.59 Å². The maximum Gasteiger partial charge on any atom is 0.283 e. The Balaban J connectivity index is 1.92. The van der Waals surface area contributed by atoms with Gasteiger partial charge >= 0.3 is 0 Å². The number of nitrogens with one attached hydrogen (secondary N) is 1. The predicted molar refractivity (Wildman–Crippen MR) is 87.4 cm³/mol. The van der Waals surface area contributed by atoms with Crippen molar-refractivity contribution >= 4 is 29.1 Å². The van der Waals surface area contributed by atoms with Gasteiger partial charge in [-0.2, -0.15) is 0 Å². The molecule has 7 heteroatoms. The fourth-order valence-corrected chi connectivity index (χ4v) is 3.17. The number of piperazine rings is 1. The van der Waals surface area contributed by atoms with E-state index >= 15 is 0 Å². The van der Waals surface area contributed by atoms with Gasteiger partial charge in [-0.05, 0) is 19.1 Å². The molecule has 0 unspecified atom stereocenters. The predicted octanol–water partition coefficient (Wildman–Crippen LogP) is 1.31. The smallest absolute Gasteiger partial charge is 0.283 e. The molecule has 2 aliphatic heterocycles. The minimum atomic E-state index is -0.494. The number of carbonyl (C=O) groups excluding carboxylic acids is 2. The molecule has 2 heterocycles. The second-order valence-corrected chi connectivity index (χ2v) is 5.99. The van der Waals surface area contributed by atoms with Gasteiger partial charge in [0.05, 0.1) is 12.8 Å². The van der Waals surface area contributed by atoms with Crippen molar-refractivity contribution in [2.24, 2.45) is 0 Å². The van der Waals surface area contributed by atoms with Crippen LogP contribution in [0.5, 0.6) is 5.75 Å². The summed E-state index contributed by atoms with van der Waals surface area (Å²) >= 11 is 6.20. The molecule has 1 saturated heterocycles. The van der Waals surface area contributed by atoms with Gasteiger partial charge in [-0.3, -0.25) is 9.59 Å². The fraction of sp³-hybridized carbons (Fsp3) is 0.375. The molecule has 0 aliphatic carbocycles. The number of hydrogen-bond acceptors (Lipinski definition) is 5. The Morgan fingerprint density at radius 1 is 1.30 bits per heavy atom. The third kappa shape index (κ3) is 2.80. The molecule has 1 aromatic rings. The quantitative estimate of drug-likeness (QED) is 0.844. The van der Waals surface area contributed by atoms with E-state index in [1.165, 1.54) is 7.11 Å². The minimum Gasteiger partial charge on any atom is -0.497 e. The summed E-state index contributed by atoms with van der Waals surface area (Å²) in [5, 5.41) is 3.28. The highest BCUT2D eigenvalue weighted by Gasteiger charge is 2.42. The molecule has 1 aromatic carbocycles. The molecule has 23 heavy (non-hydrogen) atoms. The molecule has 0 bridgehead atoms. The van der Waals surface area contributed by atoms with Crippen molar-refractivity contribution in [3.63, 3.8) is 0 Å². The van der Waals surface area contributed by atoms with Gasteiger partial charge in [-0.1, -0.05) is 17.7 Å². The van der Waals surface area contributed by atoms with Crippen molar-refractivity contribution in [1.82, 2.24) is 10.2 Å². The maximum absolute atomic E-state index is 12.8. The van der Waals surface area contributed by atoms with Gasteiger partial charge in [0.2, 0.25) is 0 Å². The van der Waals surface area contributed by atoms with E-state index in [0.29, 0.717) is 24.5 Å². The third-order valence-electron chi connectivity index (χ3n) is 4.00. The van der Waals surface area contributed by atoms with E-state index < -0.39 is 5.91 Å². The summed E-state index contributed by atoms with van der Waals surface area (Å²) in [6.45, 7) is 4.05. The Kier molecular flexibility index (Phi) is 4.28. The first-order valence-electron chi connectivity index (χ1n) is 7.44. The van der Waals surface area contributed by atoms with E-state index in [2.05, 4.69) is 5.32 Å². The van der Waals surface area contributed by atoms with Crippen LogP contribution in [-0.4, -0.2) is 49.5 Å². The molecule has 0 radical (unpaired) electrons. The van der Waals surface area contributed by atoms with Crippen LogP contribution >= 0.6 is 11.6 Å². The number of anilines is 1. The normalized spacial score (nSPS) is 22.1. The summed E-state index contributed by atoms with van der Waals surface area (Å²) in [5.41, 5.74) is 0.739. The molecular weight excluding hydrogens is 318 g/mol. The molecule has 0 spiro atoms. The first-order chi connectivity index (χ1) is 11.0. The van der Waals surface area contributed by atoms with Crippen molar-refractivity contribution < 1.29 is 14.3 Å². The summed E-state index contributed by atoms with van der Waals surface area (Å²) in [6.07, 6.45) is 0. The van der Waals surface area contributed by atoms with Crippen LogP contribution in [0.1, 0.15) is 6.92 Å². The summed E-state index contributed by atoms with van der Waals surface area (Å²) in [7, 11) is 1.53. The van der Waals surface area contributed by atoms with Gasteiger partial charge in [-0.15, -0.1) is 0 Å². The number of ether oxygens (including phenoxy) is 1. The summed E-state index contributed by atoms with van der Waals surface area (Å²) < 4.78 is 5.15. The van der Waals surface area contributed by atoms with E-state index in [-0.39, 0.29) is 22.7 Å². The Morgan fingerprint density at radius 3 is 2.78 bits per heavy atom. The average Bonchev–Trinajstić information content (AvgIpc) is 2.77. The average molecular weight is 336 g/mol. The van der Waals surface area contributed by atoms with Gasteiger partial charge < -0.3 is 15.0 Å². The summed E-state index contributed by atoms with van der Waals surface area (Å²) in [4.78, 5) is 28.3. The maximum atomic E-state index is 12.8. The zero-order valence-electron chi connectivity index (χ0n) is 13.0. The Labute approximate surface area is 139 Å². The Bertz CT molecular complexity index is 689. The number of rotatable bonds is 3. The lowest BCUT2D eigenvalue weighted by atomic mass is 10.2. The highest BCUT2D eigenvalue weighted by molar-refractivity contribution is 6.52. The molecule has 3 rings (SSSR count). The fourth-order valence-electron chi connectivity index (χ4n) is 2.89. The van der Waals surface area contributed by atoms with Crippen LogP contribution in [0.15, 0.2) is 35.0 Å². The second-order valence-electron chi connectivity index (χ2n) is 5.61. The number of halogens is 1. The number of nitrogens with zero attached hydrogens (tertiary/aromatic N) is 2. The van der Waals surface area contributed by atoms with Gasteiger partial charge in [0.1, 0.15) is 16.5 Å². The highest BCUT2D eigenvalue weighted by Crippen LogP contribution is 2.32. The first kappa shape index (κ1) is 15.8. The Hall–Kier alpha value is -2.05. The molecule has 2 amide bonds. The SMILES string of the molecule is COc1cccc(N2C(=O)C(Cl)=C(N3CCN[C@H](C)C3)C2=O)c1. The number of methoxy groups -OCH3 is 1. The summed E-state index contributed by atoms with van der Waals surface area (Å²) in [6, 6.07) is 7.04. The van der Waals surface area contributed by atoms with Crippen molar-refractivity contribution in [2.45, 2.75) is 13.0 Å². The Morgan fingerprint density at radius 2 is 2.09 bits per heavy atom. The molecule has 1 N–H and O–H groups in total. The standard InChI is InChI=1S/C16H18ClN3O3/c1-10-9-19(7-6-18-10)14-13(17)15(21)20(16(14)22)11-4-3-5-12(8-11)23-2/h3-5,8,10,18H,6-7,9H2,1-2H3/t10-/m1/s1. The molecule has 6 nitrogen and oxygen atoms in total. The van der Waals surface area contributed by atoms with E-state index in [0.717, 1.165) is 11.4 Å². The lowest BCUT2D eigenvalue weighted by molar-refractivity contribution is -0.121. The lowest BCUT2D eigenvalue weighted by Crippen LogP contribution is -2.50. The second kappa shape index (κ2) is 6.22. The minimum absolute atomic E-state index is 0.0214. The number of amides is 2. The van der Waals surface area contributed by atoms with Crippen LogP contribution in [0.3, 0.4) is 0 Å². The molecule has 0 saturated carbocycles. The van der Waals surface area contributed by atoms with E-state index in [9.17, 15) is 9.59 Å². The van der Waals surface area contributed by atoms with Crippen molar-refractivity contribution in [3.8, 4) is 5.75 Å². The van der Waals surface area contributed by atoms with Gasteiger partial charge in [-0.25, -0.2) is 4.90 Å². The highest BCUT2D eigenvalue weighted by atomic mass is 35.5. The monoisotopic (exact) mass is 335 g/mol. The number of carbonyl (C=O) groups is 2. The number of hydrogen-bond donors (Lipinski definition) is 1. The number of imide groups is 1. The van der Waals surface area contributed by atoms with E-state index in [4.69, 9.17) is 16.3 Å². The van der Waals surface area contributed by atoms with Crippen LogP contribution in [0, 0.1) is 0 Å². The molecular formula is C16H18ClN3O3. The molecule has 1 atom stereocenters. The third-order valence-corrected chi connectivity index (χ3v) is 4.34. The summed E-state index contributed by atoms with van der Waals surface area (Å²) in [5.74, 6) is -0.308. The van der Waals surface area contributed by atoms with Gasteiger partial charge in [0.15, 0.2) is 0 Å². The first-order valence-corrected chi connectivity index (χ1v) is 7.81. The molecule has 2 aliphatic rings. The van der Waals surface area contributed by atoms with Crippen molar-refractivity contribution in [2.75, 3.05) is 31.6 Å². The largest absolute Gasteiger partial charge is 0.497 e. The molecule has 0 aromatic heterocycles.